The highest BCUT2D eigenvalue weighted by Gasteiger charge is 2.30. The number of phenols is 1. The summed E-state index contributed by atoms with van der Waals surface area (Å²) in [4.78, 5) is 35.6. The summed E-state index contributed by atoms with van der Waals surface area (Å²) in [5, 5.41) is 13.0. The number of halogens is 1. The smallest absolute Gasteiger partial charge is 0.412 e. The number of rotatable bonds is 11. The molecule has 178 valence electrons. The zero-order chi connectivity index (χ0) is 24.4. The molecule has 2 N–H and O–H groups in total. The zero-order valence-corrected chi connectivity index (χ0v) is 20.7. The molecule has 0 spiro atoms. The van der Waals surface area contributed by atoms with Gasteiger partial charge in [0.1, 0.15) is 11.9 Å². The van der Waals surface area contributed by atoms with Crippen molar-refractivity contribution in [3.63, 3.8) is 0 Å². The van der Waals surface area contributed by atoms with Crippen LogP contribution in [-0.4, -0.2) is 48.0 Å². The largest absolute Gasteiger partial charge is 0.508 e. The molecule has 0 saturated carbocycles. The molecule has 0 fully saturated rings. The molecule has 0 bridgehead atoms. The summed E-state index contributed by atoms with van der Waals surface area (Å²) >= 11 is 7.23. The normalized spacial score (nSPS) is 12.5. The highest BCUT2D eigenvalue weighted by atomic mass is 79.9. The third kappa shape index (κ3) is 8.38. The maximum Gasteiger partial charge on any atom is 0.412 e. The van der Waals surface area contributed by atoms with Crippen LogP contribution < -0.4 is 5.32 Å². The van der Waals surface area contributed by atoms with Crippen molar-refractivity contribution < 1.29 is 33.7 Å². The number of Topliss-reactive ketones (excluding diaryl/α,β-unsaturated/α-hetero) is 1. The first-order valence-electron chi connectivity index (χ1n) is 10.2. The van der Waals surface area contributed by atoms with E-state index in [1.165, 1.54) is 13.0 Å². The third-order valence-electron chi connectivity index (χ3n) is 4.58. The van der Waals surface area contributed by atoms with Crippen molar-refractivity contribution in [1.29, 1.82) is 0 Å². The molecule has 0 aromatic heterocycles. The minimum absolute atomic E-state index is 0.0206. The Hall–Kier alpha value is -2.56. The Morgan fingerprint density at radius 3 is 2.45 bits per heavy atom. The lowest BCUT2D eigenvalue weighted by Gasteiger charge is -2.28. The maximum absolute atomic E-state index is 12.7. The van der Waals surface area contributed by atoms with Gasteiger partial charge in [-0.1, -0.05) is 15.9 Å². The number of ketones is 1. The average molecular weight is 540 g/mol. The van der Waals surface area contributed by atoms with Crippen molar-refractivity contribution in [1.82, 2.24) is 0 Å². The van der Waals surface area contributed by atoms with Gasteiger partial charge >= 0.3 is 12.1 Å². The summed E-state index contributed by atoms with van der Waals surface area (Å²) in [5.41, 5.74) is 1.27. The van der Waals surface area contributed by atoms with Crippen LogP contribution in [0.1, 0.15) is 42.3 Å². The number of carbonyl (C=O) groups is 3. The highest BCUT2D eigenvalue weighted by Crippen LogP contribution is 2.34. The fourth-order valence-corrected chi connectivity index (χ4v) is 3.48. The van der Waals surface area contributed by atoms with E-state index in [4.69, 9.17) is 14.2 Å². The summed E-state index contributed by atoms with van der Waals surface area (Å²) in [6, 6.07) is 11.1. The molecule has 2 atom stereocenters. The molecule has 0 aliphatic heterocycles. The first kappa shape index (κ1) is 26.7. The number of hydrogen-bond donors (Lipinski definition) is 3. The molecule has 0 heterocycles. The lowest BCUT2D eigenvalue weighted by molar-refractivity contribution is -0.142. The number of aromatic hydroxyl groups is 1. The molecule has 33 heavy (non-hydrogen) atoms. The monoisotopic (exact) mass is 539 g/mol. The minimum atomic E-state index is -1.01. The standard InChI is InChI=1S/C23H26BrNO7S/c1-3-30-20(10-11-31-21(28)13-33)22(18-12-16(24)6-9-19(18)27)32-23(29)25-17-7-4-15(5-8-17)14(2)26/h4-9,12,20,22,27,33H,3,10-11,13H2,1-2H3,(H,25,29)/t20-,22-/m0/s1. The van der Waals surface area contributed by atoms with Crippen LogP contribution in [0.25, 0.3) is 0 Å². The van der Waals surface area contributed by atoms with E-state index < -0.39 is 24.3 Å². The number of nitrogens with one attached hydrogen (secondary N) is 1. The predicted molar refractivity (Wildman–Crippen MR) is 130 cm³/mol. The Kier molecular flexibility index (Phi) is 10.7. The second-order valence-corrected chi connectivity index (χ2v) is 8.18. The SMILES string of the molecule is CCO[C@@H](CCOC(=O)CS)[C@@H](OC(=O)Nc1ccc(C(C)=O)cc1)c1cc(Br)ccc1O. The molecular weight excluding hydrogens is 514 g/mol. The predicted octanol–water partition coefficient (Wildman–Crippen LogP) is 4.92. The summed E-state index contributed by atoms with van der Waals surface area (Å²) < 4.78 is 17.2. The van der Waals surface area contributed by atoms with Crippen molar-refractivity contribution in [3.8, 4) is 5.75 Å². The number of carbonyl (C=O) groups excluding carboxylic acids is 3. The van der Waals surface area contributed by atoms with Crippen LogP contribution in [0.5, 0.6) is 5.75 Å². The van der Waals surface area contributed by atoms with Crippen LogP contribution in [-0.2, 0) is 19.0 Å². The lowest BCUT2D eigenvalue weighted by atomic mass is 10.0. The zero-order valence-electron chi connectivity index (χ0n) is 18.2. The van der Waals surface area contributed by atoms with E-state index in [2.05, 4.69) is 33.9 Å². The molecule has 0 unspecified atom stereocenters. The van der Waals surface area contributed by atoms with Crippen LogP contribution in [0.4, 0.5) is 10.5 Å². The number of esters is 1. The number of anilines is 1. The molecule has 8 nitrogen and oxygen atoms in total. The number of amides is 1. The van der Waals surface area contributed by atoms with Crippen molar-refractivity contribution in [2.75, 3.05) is 24.3 Å². The van der Waals surface area contributed by atoms with Gasteiger partial charge in [-0.15, -0.1) is 0 Å². The van der Waals surface area contributed by atoms with Gasteiger partial charge in [0.2, 0.25) is 0 Å². The quantitative estimate of drug-likeness (QED) is 0.211. The minimum Gasteiger partial charge on any atom is -0.508 e. The molecule has 2 rings (SSSR count). The molecule has 2 aromatic carbocycles. The van der Waals surface area contributed by atoms with Gasteiger partial charge in [0, 0.05) is 34.3 Å². The van der Waals surface area contributed by atoms with Gasteiger partial charge in [-0.25, -0.2) is 4.79 Å². The van der Waals surface area contributed by atoms with E-state index >= 15 is 0 Å². The van der Waals surface area contributed by atoms with E-state index in [1.54, 1.807) is 43.3 Å². The van der Waals surface area contributed by atoms with Crippen molar-refractivity contribution in [2.45, 2.75) is 32.5 Å². The van der Waals surface area contributed by atoms with Gasteiger partial charge in [0.15, 0.2) is 11.9 Å². The number of phenolic OH excluding ortho intramolecular Hbond substituents is 1. The fourth-order valence-electron chi connectivity index (χ4n) is 3.01. The molecule has 2 aromatic rings. The summed E-state index contributed by atoms with van der Waals surface area (Å²) in [6.07, 6.45) is -2.29. The first-order valence-corrected chi connectivity index (χ1v) is 11.6. The molecule has 0 radical (unpaired) electrons. The average Bonchev–Trinajstić information content (AvgIpc) is 2.79. The van der Waals surface area contributed by atoms with Crippen LogP contribution in [0, 0.1) is 0 Å². The van der Waals surface area contributed by atoms with Crippen molar-refractivity contribution in [3.05, 3.63) is 58.1 Å². The van der Waals surface area contributed by atoms with E-state index in [1.807, 2.05) is 0 Å². The number of benzene rings is 2. The highest BCUT2D eigenvalue weighted by molar-refractivity contribution is 9.10. The Balaban J connectivity index is 2.24. The Bertz CT molecular complexity index is 968. The van der Waals surface area contributed by atoms with E-state index in [-0.39, 0.29) is 30.3 Å². The Labute approximate surface area is 206 Å². The van der Waals surface area contributed by atoms with Gasteiger partial charge in [-0.2, -0.15) is 12.6 Å². The number of ether oxygens (including phenoxy) is 3. The second kappa shape index (κ2) is 13.2. The van der Waals surface area contributed by atoms with Crippen LogP contribution in [0.2, 0.25) is 0 Å². The Morgan fingerprint density at radius 2 is 1.85 bits per heavy atom. The molecule has 0 aliphatic carbocycles. The third-order valence-corrected chi connectivity index (χ3v) is 5.33. The van der Waals surface area contributed by atoms with Crippen molar-refractivity contribution >= 4 is 52.1 Å². The van der Waals surface area contributed by atoms with Crippen LogP contribution in [0.3, 0.4) is 0 Å². The summed E-state index contributed by atoms with van der Waals surface area (Å²) in [7, 11) is 0. The molecule has 0 saturated heterocycles. The molecule has 10 heteroatoms. The lowest BCUT2D eigenvalue weighted by Crippen LogP contribution is -2.30. The molecular formula is C23H26BrNO7S. The number of thiol groups is 1. The molecule has 0 aliphatic rings. The maximum atomic E-state index is 12.7. The summed E-state index contributed by atoms with van der Waals surface area (Å²) in [6.45, 7) is 3.55. The Morgan fingerprint density at radius 1 is 1.15 bits per heavy atom. The van der Waals surface area contributed by atoms with Gasteiger partial charge < -0.3 is 19.3 Å². The number of hydrogen-bond acceptors (Lipinski definition) is 8. The first-order chi connectivity index (χ1) is 15.7. The van der Waals surface area contributed by atoms with Crippen LogP contribution >= 0.6 is 28.6 Å². The van der Waals surface area contributed by atoms with Gasteiger partial charge in [-0.05, 0) is 56.3 Å². The van der Waals surface area contributed by atoms with E-state index in [0.717, 1.165) is 0 Å². The van der Waals surface area contributed by atoms with Gasteiger partial charge in [0.05, 0.1) is 12.4 Å². The van der Waals surface area contributed by atoms with E-state index in [0.29, 0.717) is 27.9 Å². The molecule has 1 amide bonds. The fraction of sp³-hybridized carbons (Fsp3) is 0.348. The van der Waals surface area contributed by atoms with E-state index in [9.17, 15) is 19.5 Å². The summed E-state index contributed by atoms with van der Waals surface area (Å²) in [5.74, 6) is -0.717. The second-order valence-electron chi connectivity index (χ2n) is 6.95. The topological polar surface area (TPSA) is 111 Å². The van der Waals surface area contributed by atoms with Gasteiger partial charge in [-0.3, -0.25) is 14.9 Å². The van der Waals surface area contributed by atoms with Crippen LogP contribution in [0.15, 0.2) is 46.9 Å². The van der Waals surface area contributed by atoms with Gasteiger partial charge in [0.25, 0.3) is 0 Å². The van der Waals surface area contributed by atoms with Crippen molar-refractivity contribution in [2.24, 2.45) is 0 Å².